The first kappa shape index (κ1) is 20.0. The molecule has 9 nitrogen and oxygen atoms in total. The van der Waals surface area contributed by atoms with Crippen molar-refractivity contribution >= 4 is 23.0 Å². The highest BCUT2D eigenvalue weighted by atomic mass is 16.6. The van der Waals surface area contributed by atoms with Crippen LogP contribution in [0.1, 0.15) is 17.5 Å². The van der Waals surface area contributed by atoms with E-state index in [2.05, 4.69) is 25.5 Å². The van der Waals surface area contributed by atoms with Crippen LogP contribution >= 0.6 is 0 Å². The van der Waals surface area contributed by atoms with Gasteiger partial charge in [-0.1, -0.05) is 6.07 Å². The third-order valence-corrected chi connectivity index (χ3v) is 4.54. The third-order valence-electron chi connectivity index (χ3n) is 4.54. The smallest absolute Gasteiger partial charge is 0.353 e. The van der Waals surface area contributed by atoms with Crippen LogP contribution in [0, 0.1) is 24.0 Å². The van der Waals surface area contributed by atoms with Gasteiger partial charge in [-0.3, -0.25) is 15.0 Å². The number of aromatic nitrogens is 2. The van der Waals surface area contributed by atoms with Gasteiger partial charge in [-0.25, -0.2) is 9.97 Å². The second-order valence-corrected chi connectivity index (χ2v) is 6.91. The molecule has 2 aromatic rings. The van der Waals surface area contributed by atoms with Gasteiger partial charge in [0.25, 0.3) is 0 Å². The lowest BCUT2D eigenvalue weighted by atomic mass is 10.1. The van der Waals surface area contributed by atoms with Crippen LogP contribution in [0.25, 0.3) is 0 Å². The van der Waals surface area contributed by atoms with E-state index in [-0.39, 0.29) is 17.3 Å². The molecule has 0 spiro atoms. The van der Waals surface area contributed by atoms with Gasteiger partial charge in [0.2, 0.25) is 11.6 Å². The molecule has 1 aromatic carbocycles. The molecule has 1 saturated heterocycles. The number of anilines is 3. The Hall–Kier alpha value is -2.78. The molecule has 1 aliphatic rings. The summed E-state index contributed by atoms with van der Waals surface area (Å²) in [6, 6.07) is 5.89. The van der Waals surface area contributed by atoms with Crippen LogP contribution in [-0.4, -0.2) is 59.2 Å². The molecular formula is C19H26N6O3. The van der Waals surface area contributed by atoms with Crippen molar-refractivity contribution in [3.05, 3.63) is 45.8 Å². The van der Waals surface area contributed by atoms with Crippen molar-refractivity contribution < 1.29 is 9.66 Å². The molecular weight excluding hydrogens is 360 g/mol. The van der Waals surface area contributed by atoms with Crippen LogP contribution in [0.4, 0.5) is 23.0 Å². The summed E-state index contributed by atoms with van der Waals surface area (Å²) >= 11 is 0. The van der Waals surface area contributed by atoms with E-state index in [4.69, 9.17) is 4.74 Å². The van der Waals surface area contributed by atoms with Gasteiger partial charge in [0.05, 0.1) is 18.1 Å². The predicted molar refractivity (Wildman–Crippen MR) is 108 cm³/mol. The molecule has 1 fully saturated rings. The summed E-state index contributed by atoms with van der Waals surface area (Å²) in [5.41, 5.74) is 2.76. The van der Waals surface area contributed by atoms with E-state index >= 15 is 0 Å². The van der Waals surface area contributed by atoms with E-state index in [9.17, 15) is 10.1 Å². The van der Waals surface area contributed by atoms with Gasteiger partial charge in [0, 0.05) is 25.3 Å². The van der Waals surface area contributed by atoms with E-state index in [1.165, 1.54) is 6.33 Å². The maximum absolute atomic E-state index is 11.7. The number of nitrogens with zero attached hydrogens (tertiary/aromatic N) is 4. The molecule has 0 atom stereocenters. The highest BCUT2D eigenvalue weighted by molar-refractivity contribution is 5.74. The summed E-state index contributed by atoms with van der Waals surface area (Å²) in [4.78, 5) is 21.7. The van der Waals surface area contributed by atoms with E-state index < -0.39 is 4.92 Å². The van der Waals surface area contributed by atoms with Crippen molar-refractivity contribution in [3.63, 3.8) is 0 Å². The fraction of sp³-hybridized carbons (Fsp3) is 0.474. The van der Waals surface area contributed by atoms with Crippen molar-refractivity contribution in [2.75, 3.05) is 50.0 Å². The van der Waals surface area contributed by atoms with E-state index in [1.807, 2.05) is 32.0 Å². The van der Waals surface area contributed by atoms with Gasteiger partial charge >= 0.3 is 5.69 Å². The Bertz CT molecular complexity index is 803. The second-order valence-electron chi connectivity index (χ2n) is 6.91. The van der Waals surface area contributed by atoms with E-state index in [0.717, 1.165) is 56.1 Å². The van der Waals surface area contributed by atoms with Crippen LogP contribution in [-0.2, 0) is 4.74 Å². The molecule has 0 saturated carbocycles. The fourth-order valence-electron chi connectivity index (χ4n) is 3.29. The second kappa shape index (κ2) is 9.43. The quantitative estimate of drug-likeness (QED) is 0.405. The number of hydrogen-bond acceptors (Lipinski definition) is 8. The number of morpholine rings is 1. The Kier molecular flexibility index (Phi) is 6.72. The average Bonchev–Trinajstić information content (AvgIpc) is 2.65. The molecule has 0 aliphatic carbocycles. The molecule has 28 heavy (non-hydrogen) atoms. The summed E-state index contributed by atoms with van der Waals surface area (Å²) in [6.07, 6.45) is 2.20. The van der Waals surface area contributed by atoms with E-state index in [1.54, 1.807) is 0 Å². The Morgan fingerprint density at radius 3 is 2.50 bits per heavy atom. The van der Waals surface area contributed by atoms with Gasteiger partial charge in [0.15, 0.2) is 0 Å². The maximum Gasteiger partial charge on any atom is 0.353 e. The topological polar surface area (TPSA) is 105 Å². The molecule has 2 N–H and O–H groups in total. The number of nitro groups is 1. The van der Waals surface area contributed by atoms with Crippen molar-refractivity contribution in [1.82, 2.24) is 14.9 Å². The SMILES string of the molecule is Cc1cc(C)cc(Nc2ncnc(NCCCN3CCOCC3)c2[N+](=O)[O-])c1. The molecule has 1 aromatic heterocycles. The molecule has 0 radical (unpaired) electrons. The number of benzene rings is 1. The number of ether oxygens (including phenoxy) is 1. The zero-order chi connectivity index (χ0) is 19.9. The summed E-state index contributed by atoms with van der Waals surface area (Å²) in [5, 5.41) is 17.8. The first-order chi connectivity index (χ1) is 13.5. The highest BCUT2D eigenvalue weighted by Gasteiger charge is 2.23. The molecule has 150 valence electrons. The lowest BCUT2D eigenvalue weighted by Gasteiger charge is -2.26. The summed E-state index contributed by atoms with van der Waals surface area (Å²) in [6.45, 7) is 8.86. The predicted octanol–water partition coefficient (Wildman–Crippen LogP) is 2.88. The molecule has 0 amide bonds. The Morgan fingerprint density at radius 1 is 1.14 bits per heavy atom. The zero-order valence-electron chi connectivity index (χ0n) is 16.3. The lowest BCUT2D eigenvalue weighted by molar-refractivity contribution is -0.383. The molecule has 3 rings (SSSR count). The minimum atomic E-state index is -0.449. The Balaban J connectivity index is 1.67. The minimum absolute atomic E-state index is 0.145. The van der Waals surface area contributed by atoms with Gasteiger partial charge < -0.3 is 15.4 Å². The number of aryl methyl sites for hydroxylation is 2. The maximum atomic E-state index is 11.7. The lowest BCUT2D eigenvalue weighted by Crippen LogP contribution is -2.37. The number of nitrogens with one attached hydrogen (secondary N) is 2. The molecule has 9 heteroatoms. The van der Waals surface area contributed by atoms with Gasteiger partial charge in [-0.05, 0) is 50.1 Å². The molecule has 0 bridgehead atoms. The zero-order valence-corrected chi connectivity index (χ0v) is 16.3. The van der Waals surface area contributed by atoms with Gasteiger partial charge in [-0.15, -0.1) is 0 Å². The minimum Gasteiger partial charge on any atom is -0.379 e. The molecule has 1 aliphatic heterocycles. The normalized spacial score (nSPS) is 14.6. The highest BCUT2D eigenvalue weighted by Crippen LogP contribution is 2.31. The van der Waals surface area contributed by atoms with Crippen molar-refractivity contribution in [2.45, 2.75) is 20.3 Å². The van der Waals surface area contributed by atoms with Crippen LogP contribution in [0.3, 0.4) is 0 Å². The average molecular weight is 386 g/mol. The summed E-state index contributed by atoms with van der Waals surface area (Å²) < 4.78 is 5.34. The van der Waals surface area contributed by atoms with Crippen LogP contribution in [0.5, 0.6) is 0 Å². The van der Waals surface area contributed by atoms with Crippen LogP contribution < -0.4 is 10.6 Å². The number of hydrogen-bond donors (Lipinski definition) is 2. The monoisotopic (exact) mass is 386 g/mol. The Labute approximate surface area is 164 Å². The van der Waals surface area contributed by atoms with Gasteiger partial charge in [-0.2, -0.15) is 0 Å². The third kappa shape index (κ3) is 5.37. The molecule has 0 unspecified atom stereocenters. The molecule has 2 heterocycles. The summed E-state index contributed by atoms with van der Waals surface area (Å²) in [5.74, 6) is 0.412. The van der Waals surface area contributed by atoms with Crippen molar-refractivity contribution in [3.8, 4) is 0 Å². The van der Waals surface area contributed by atoms with Gasteiger partial charge in [0.1, 0.15) is 6.33 Å². The van der Waals surface area contributed by atoms with Crippen LogP contribution in [0.15, 0.2) is 24.5 Å². The fourth-order valence-corrected chi connectivity index (χ4v) is 3.29. The Morgan fingerprint density at radius 2 is 1.82 bits per heavy atom. The first-order valence-corrected chi connectivity index (χ1v) is 9.41. The first-order valence-electron chi connectivity index (χ1n) is 9.41. The largest absolute Gasteiger partial charge is 0.379 e. The standard InChI is InChI=1S/C19H26N6O3/c1-14-10-15(2)12-16(11-14)23-19-17(25(26)27)18(21-13-22-19)20-4-3-5-24-6-8-28-9-7-24/h10-13H,3-9H2,1-2H3,(H2,20,21,22,23). The van der Waals surface area contributed by atoms with Crippen molar-refractivity contribution in [1.29, 1.82) is 0 Å². The van der Waals surface area contributed by atoms with E-state index in [0.29, 0.717) is 6.54 Å². The summed E-state index contributed by atoms with van der Waals surface area (Å²) in [7, 11) is 0. The van der Waals surface area contributed by atoms with Crippen LogP contribution in [0.2, 0.25) is 0 Å². The van der Waals surface area contributed by atoms with Crippen molar-refractivity contribution in [2.24, 2.45) is 0 Å². The number of rotatable bonds is 8.